The van der Waals surface area contributed by atoms with Crippen LogP contribution >= 0.6 is 34.4 Å². The predicted octanol–water partition coefficient (Wildman–Crippen LogP) is 5.66. The van der Waals surface area contributed by atoms with E-state index in [0.29, 0.717) is 16.8 Å². The Morgan fingerprint density at radius 2 is 2.03 bits per heavy atom. The molecule has 1 amide bonds. The van der Waals surface area contributed by atoms with Gasteiger partial charge in [0.15, 0.2) is 16.1 Å². The normalized spacial score (nSPS) is 10.9. The smallest absolute Gasteiger partial charge is 0.236 e. The van der Waals surface area contributed by atoms with Gasteiger partial charge in [-0.25, -0.2) is 4.98 Å². The molecular weight excluding hydrogens is 446 g/mol. The van der Waals surface area contributed by atoms with Crippen LogP contribution in [0.1, 0.15) is 10.4 Å². The molecule has 0 fully saturated rings. The van der Waals surface area contributed by atoms with Crippen molar-refractivity contribution in [2.24, 2.45) is 0 Å². The van der Waals surface area contributed by atoms with E-state index in [-0.39, 0.29) is 11.7 Å². The van der Waals surface area contributed by atoms with Crippen LogP contribution in [0.25, 0.3) is 22.5 Å². The van der Waals surface area contributed by atoms with Gasteiger partial charge in [0.25, 0.3) is 0 Å². The number of aromatic nitrogens is 4. The molecule has 0 unspecified atom stereocenters. The number of thiophene rings is 1. The SMILES string of the molecule is C=CCn1c(SCC(=O)Nc2nccs2)nnc1-c1csc(C)c1-c1ccc(C)cc1. The summed E-state index contributed by atoms with van der Waals surface area (Å²) in [5.74, 6) is 0.881. The fraction of sp³-hybridized carbons (Fsp3) is 0.182. The molecule has 31 heavy (non-hydrogen) atoms. The van der Waals surface area contributed by atoms with Crippen LogP contribution in [0.3, 0.4) is 0 Å². The third-order valence-corrected chi connectivity index (χ3v) is 7.16. The molecular formula is C22H21N5OS3. The van der Waals surface area contributed by atoms with Crippen LogP contribution in [0.15, 0.2) is 59.0 Å². The number of allylic oxidation sites excluding steroid dienone is 1. The van der Waals surface area contributed by atoms with E-state index >= 15 is 0 Å². The second kappa shape index (κ2) is 9.59. The van der Waals surface area contributed by atoms with E-state index in [1.54, 1.807) is 17.5 Å². The van der Waals surface area contributed by atoms with Crippen molar-refractivity contribution in [2.45, 2.75) is 25.5 Å². The van der Waals surface area contributed by atoms with Crippen LogP contribution in [-0.4, -0.2) is 31.4 Å². The molecule has 0 aliphatic carbocycles. The standard InChI is InChI=1S/C22H21N5OS3/c1-4-10-27-20(17-12-30-15(3)19(17)16-7-5-14(2)6-8-16)25-26-22(27)31-13-18(28)24-21-23-9-11-29-21/h4-9,11-12H,1,10,13H2,2-3H3,(H,23,24,28). The molecule has 3 heterocycles. The van der Waals surface area contributed by atoms with Gasteiger partial charge in [-0.2, -0.15) is 0 Å². The van der Waals surface area contributed by atoms with Gasteiger partial charge in [0.1, 0.15) is 0 Å². The van der Waals surface area contributed by atoms with E-state index in [1.165, 1.54) is 39.1 Å². The van der Waals surface area contributed by atoms with Crippen molar-refractivity contribution in [2.75, 3.05) is 11.1 Å². The molecule has 0 spiro atoms. The van der Waals surface area contributed by atoms with E-state index in [9.17, 15) is 4.79 Å². The zero-order chi connectivity index (χ0) is 21.8. The first-order valence-electron chi connectivity index (χ1n) is 9.58. The molecule has 4 rings (SSSR count). The van der Waals surface area contributed by atoms with Crippen molar-refractivity contribution in [3.05, 3.63) is 64.3 Å². The molecule has 9 heteroatoms. The highest BCUT2D eigenvalue weighted by Crippen LogP contribution is 2.39. The van der Waals surface area contributed by atoms with Gasteiger partial charge in [-0.3, -0.25) is 9.36 Å². The van der Waals surface area contributed by atoms with E-state index < -0.39 is 0 Å². The van der Waals surface area contributed by atoms with Gasteiger partial charge in [0, 0.05) is 39.5 Å². The van der Waals surface area contributed by atoms with Gasteiger partial charge in [-0.1, -0.05) is 47.7 Å². The Morgan fingerprint density at radius 1 is 1.23 bits per heavy atom. The van der Waals surface area contributed by atoms with Crippen molar-refractivity contribution in [1.82, 2.24) is 19.7 Å². The maximum absolute atomic E-state index is 12.3. The summed E-state index contributed by atoms with van der Waals surface area (Å²) in [7, 11) is 0. The average Bonchev–Trinajstić information content (AvgIpc) is 3.48. The van der Waals surface area contributed by atoms with E-state index in [4.69, 9.17) is 0 Å². The summed E-state index contributed by atoms with van der Waals surface area (Å²) in [5, 5.41) is 16.9. The summed E-state index contributed by atoms with van der Waals surface area (Å²) in [5.41, 5.74) is 4.59. The van der Waals surface area contributed by atoms with Crippen molar-refractivity contribution in [3.8, 4) is 22.5 Å². The van der Waals surface area contributed by atoms with Crippen molar-refractivity contribution >= 4 is 45.5 Å². The van der Waals surface area contributed by atoms with E-state index in [1.807, 2.05) is 16.0 Å². The summed E-state index contributed by atoms with van der Waals surface area (Å²) >= 11 is 4.44. The Hall–Kier alpha value is -2.75. The number of hydrogen-bond acceptors (Lipinski definition) is 7. The van der Waals surface area contributed by atoms with Gasteiger partial charge >= 0.3 is 0 Å². The quantitative estimate of drug-likeness (QED) is 0.267. The summed E-state index contributed by atoms with van der Waals surface area (Å²) in [6.07, 6.45) is 3.48. The lowest BCUT2D eigenvalue weighted by atomic mass is 10.0. The maximum atomic E-state index is 12.3. The minimum Gasteiger partial charge on any atom is -0.301 e. The Balaban J connectivity index is 1.61. The number of hydrogen-bond donors (Lipinski definition) is 1. The Labute approximate surface area is 193 Å². The van der Waals surface area contributed by atoms with Crippen molar-refractivity contribution in [1.29, 1.82) is 0 Å². The topological polar surface area (TPSA) is 72.7 Å². The van der Waals surface area contributed by atoms with Gasteiger partial charge in [0.2, 0.25) is 5.91 Å². The molecule has 3 aromatic heterocycles. The lowest BCUT2D eigenvalue weighted by molar-refractivity contribution is -0.113. The average molecular weight is 468 g/mol. The summed E-state index contributed by atoms with van der Waals surface area (Å²) < 4.78 is 2.01. The fourth-order valence-corrected chi connectivity index (χ4v) is 5.31. The minimum atomic E-state index is -0.124. The number of carbonyl (C=O) groups excluding carboxylic acids is 1. The summed E-state index contributed by atoms with van der Waals surface area (Å²) in [4.78, 5) is 17.6. The molecule has 0 aliphatic heterocycles. The van der Waals surface area contributed by atoms with E-state index in [0.717, 1.165) is 17.0 Å². The number of benzene rings is 1. The van der Waals surface area contributed by atoms with Gasteiger partial charge < -0.3 is 5.32 Å². The molecule has 158 valence electrons. The first-order valence-corrected chi connectivity index (χ1v) is 12.3. The predicted molar refractivity (Wildman–Crippen MR) is 130 cm³/mol. The molecule has 1 N–H and O–H groups in total. The largest absolute Gasteiger partial charge is 0.301 e. The molecule has 0 aliphatic rings. The summed E-state index contributed by atoms with van der Waals surface area (Å²) in [6.45, 7) is 8.64. The zero-order valence-electron chi connectivity index (χ0n) is 17.2. The Morgan fingerprint density at radius 3 is 2.74 bits per heavy atom. The van der Waals surface area contributed by atoms with Gasteiger partial charge in [-0.05, 0) is 19.4 Å². The van der Waals surface area contributed by atoms with Crippen LogP contribution in [-0.2, 0) is 11.3 Å². The molecule has 0 saturated carbocycles. The van der Waals surface area contributed by atoms with Gasteiger partial charge in [-0.15, -0.1) is 39.4 Å². The minimum absolute atomic E-state index is 0.124. The fourth-order valence-electron chi connectivity index (χ4n) is 3.16. The lowest BCUT2D eigenvalue weighted by Gasteiger charge is -2.10. The number of amides is 1. The second-order valence-electron chi connectivity index (χ2n) is 6.83. The molecule has 0 atom stereocenters. The third kappa shape index (κ3) is 4.79. The lowest BCUT2D eigenvalue weighted by Crippen LogP contribution is -2.14. The molecule has 4 aromatic rings. The number of thioether (sulfide) groups is 1. The highest BCUT2D eigenvalue weighted by Gasteiger charge is 2.20. The second-order valence-corrected chi connectivity index (χ2v) is 9.75. The number of aryl methyl sites for hydroxylation is 2. The number of rotatable bonds is 8. The molecule has 0 saturated heterocycles. The number of thiazole rings is 1. The number of nitrogens with zero attached hydrogens (tertiary/aromatic N) is 4. The molecule has 0 bridgehead atoms. The first-order chi connectivity index (χ1) is 15.1. The number of carbonyl (C=O) groups is 1. The van der Waals surface area contributed by atoms with E-state index in [2.05, 4.69) is 70.6 Å². The monoisotopic (exact) mass is 467 g/mol. The van der Waals surface area contributed by atoms with Crippen LogP contribution in [0.5, 0.6) is 0 Å². The molecule has 6 nitrogen and oxygen atoms in total. The Bertz CT molecular complexity index is 1190. The first kappa shape index (κ1) is 21.5. The van der Waals surface area contributed by atoms with Crippen molar-refractivity contribution in [3.63, 3.8) is 0 Å². The zero-order valence-corrected chi connectivity index (χ0v) is 19.6. The molecule has 1 aromatic carbocycles. The molecule has 0 radical (unpaired) electrons. The third-order valence-electron chi connectivity index (χ3n) is 4.60. The van der Waals surface area contributed by atoms with Crippen LogP contribution in [0.4, 0.5) is 5.13 Å². The van der Waals surface area contributed by atoms with Crippen LogP contribution in [0, 0.1) is 13.8 Å². The van der Waals surface area contributed by atoms with Crippen molar-refractivity contribution < 1.29 is 4.79 Å². The summed E-state index contributed by atoms with van der Waals surface area (Å²) in [6, 6.07) is 8.52. The highest BCUT2D eigenvalue weighted by atomic mass is 32.2. The maximum Gasteiger partial charge on any atom is 0.236 e. The van der Waals surface area contributed by atoms with Gasteiger partial charge in [0.05, 0.1) is 5.75 Å². The highest BCUT2D eigenvalue weighted by molar-refractivity contribution is 7.99. The number of nitrogens with one attached hydrogen (secondary N) is 1. The van der Waals surface area contributed by atoms with Crippen LogP contribution in [0.2, 0.25) is 0 Å². The Kier molecular flexibility index (Phi) is 6.64. The number of anilines is 1. The van der Waals surface area contributed by atoms with Crippen LogP contribution < -0.4 is 5.32 Å².